The van der Waals surface area contributed by atoms with Gasteiger partial charge in [0.1, 0.15) is 0 Å². The zero-order valence-electron chi connectivity index (χ0n) is 16.5. The summed E-state index contributed by atoms with van der Waals surface area (Å²) in [6.45, 7) is 0. The second-order valence-corrected chi connectivity index (χ2v) is 8.69. The van der Waals surface area contributed by atoms with Crippen LogP contribution in [0.25, 0.3) is 0 Å². The molecule has 0 radical (unpaired) electrons. The minimum Gasteiger partial charge on any atom is -0.481 e. The van der Waals surface area contributed by atoms with Gasteiger partial charge in [0, 0.05) is 22.9 Å². The van der Waals surface area contributed by atoms with Crippen LogP contribution in [-0.2, 0) is 14.4 Å². The van der Waals surface area contributed by atoms with Gasteiger partial charge in [-0.3, -0.25) is 14.4 Å². The van der Waals surface area contributed by atoms with Crippen LogP contribution in [0.1, 0.15) is 69.4 Å². The van der Waals surface area contributed by atoms with E-state index in [0.29, 0.717) is 17.9 Å². The second kappa shape index (κ2) is 10.1. The van der Waals surface area contributed by atoms with E-state index < -0.39 is 12.0 Å². The van der Waals surface area contributed by atoms with Gasteiger partial charge in [-0.1, -0.05) is 36.6 Å². The number of rotatable bonds is 7. The third-order valence-electron chi connectivity index (χ3n) is 6.14. The lowest BCUT2D eigenvalue weighted by molar-refractivity contribution is -0.138. The molecule has 1 aromatic carbocycles. The topological polar surface area (TPSA) is 95.5 Å². The zero-order valence-corrected chi connectivity index (χ0v) is 17.3. The molecule has 3 N–H and O–H groups in total. The SMILES string of the molecule is O=C(O)CC(NC(=O)C1CCC(NC(=O)C2CCCC2)CC1)c1ccc(Cl)cc1. The van der Waals surface area contributed by atoms with Crippen molar-refractivity contribution in [3.05, 3.63) is 34.9 Å². The van der Waals surface area contributed by atoms with Crippen LogP contribution in [0.15, 0.2) is 24.3 Å². The summed E-state index contributed by atoms with van der Waals surface area (Å²) < 4.78 is 0. The number of carbonyl (C=O) groups excluding carboxylic acids is 2. The summed E-state index contributed by atoms with van der Waals surface area (Å²) in [4.78, 5) is 36.3. The fourth-order valence-corrected chi connectivity index (χ4v) is 4.54. The predicted octanol–water partition coefficient (Wildman–Crippen LogP) is 3.84. The molecule has 3 rings (SSSR count). The van der Waals surface area contributed by atoms with Gasteiger partial charge in [0.25, 0.3) is 0 Å². The van der Waals surface area contributed by atoms with Gasteiger partial charge < -0.3 is 15.7 Å². The molecule has 29 heavy (non-hydrogen) atoms. The summed E-state index contributed by atoms with van der Waals surface area (Å²) in [5.41, 5.74) is 0.725. The predicted molar refractivity (Wildman–Crippen MR) is 110 cm³/mol. The Balaban J connectivity index is 1.51. The molecule has 0 saturated heterocycles. The molecular formula is C22H29ClN2O4. The van der Waals surface area contributed by atoms with Gasteiger partial charge in [0.15, 0.2) is 0 Å². The van der Waals surface area contributed by atoms with E-state index in [9.17, 15) is 19.5 Å². The van der Waals surface area contributed by atoms with Crippen molar-refractivity contribution in [2.75, 3.05) is 0 Å². The lowest BCUT2D eigenvalue weighted by atomic mass is 9.85. The van der Waals surface area contributed by atoms with Crippen LogP contribution in [0.2, 0.25) is 5.02 Å². The second-order valence-electron chi connectivity index (χ2n) is 8.25. The minimum atomic E-state index is -0.969. The largest absolute Gasteiger partial charge is 0.481 e. The van der Waals surface area contributed by atoms with E-state index in [1.807, 2.05) is 0 Å². The summed E-state index contributed by atoms with van der Waals surface area (Å²) in [5.74, 6) is -0.916. The van der Waals surface area contributed by atoms with Crippen molar-refractivity contribution in [2.24, 2.45) is 11.8 Å². The molecule has 1 atom stereocenters. The number of carboxylic acids is 1. The van der Waals surface area contributed by atoms with Gasteiger partial charge in [-0.15, -0.1) is 0 Å². The molecule has 1 unspecified atom stereocenters. The van der Waals surface area contributed by atoms with Gasteiger partial charge >= 0.3 is 5.97 Å². The molecule has 158 valence electrons. The molecule has 1 aromatic rings. The van der Waals surface area contributed by atoms with E-state index >= 15 is 0 Å². The van der Waals surface area contributed by atoms with E-state index in [-0.39, 0.29) is 36.1 Å². The highest BCUT2D eigenvalue weighted by atomic mass is 35.5. The zero-order chi connectivity index (χ0) is 20.8. The van der Waals surface area contributed by atoms with Crippen molar-refractivity contribution in [1.82, 2.24) is 10.6 Å². The molecule has 2 fully saturated rings. The van der Waals surface area contributed by atoms with Crippen molar-refractivity contribution in [1.29, 1.82) is 0 Å². The Morgan fingerprint density at radius 1 is 0.931 bits per heavy atom. The van der Waals surface area contributed by atoms with Gasteiger partial charge in [0.2, 0.25) is 11.8 Å². The molecule has 0 bridgehead atoms. The third-order valence-corrected chi connectivity index (χ3v) is 6.39. The lowest BCUT2D eigenvalue weighted by Crippen LogP contribution is -2.43. The summed E-state index contributed by atoms with van der Waals surface area (Å²) in [5, 5.41) is 15.8. The molecule has 2 amide bonds. The monoisotopic (exact) mass is 420 g/mol. The van der Waals surface area contributed by atoms with Crippen LogP contribution in [0, 0.1) is 11.8 Å². The number of hydrogen-bond acceptors (Lipinski definition) is 3. The maximum atomic E-state index is 12.8. The molecule has 0 heterocycles. The standard InChI is InChI=1S/C22H29ClN2O4/c23-17-9-5-14(6-10-17)19(13-20(26)27)25-22(29)16-7-11-18(12-8-16)24-21(28)15-3-1-2-4-15/h5-6,9-10,15-16,18-19H,1-4,7-8,11-13H2,(H,24,28)(H,25,29)(H,26,27). The third kappa shape index (κ3) is 6.20. The molecule has 6 nitrogen and oxygen atoms in total. The summed E-state index contributed by atoms with van der Waals surface area (Å²) >= 11 is 5.91. The highest BCUT2D eigenvalue weighted by Crippen LogP contribution is 2.29. The summed E-state index contributed by atoms with van der Waals surface area (Å²) in [6.07, 6.45) is 7.01. The molecule has 0 spiro atoms. The van der Waals surface area contributed by atoms with E-state index in [0.717, 1.165) is 44.1 Å². The van der Waals surface area contributed by atoms with Crippen LogP contribution in [0.4, 0.5) is 0 Å². The Labute approximate surface area is 176 Å². The highest BCUT2D eigenvalue weighted by Gasteiger charge is 2.31. The first-order chi connectivity index (χ1) is 13.9. The average Bonchev–Trinajstić information content (AvgIpc) is 3.23. The molecule has 0 aliphatic heterocycles. The molecule has 2 saturated carbocycles. The van der Waals surface area contributed by atoms with Crippen LogP contribution in [0.3, 0.4) is 0 Å². The van der Waals surface area contributed by atoms with E-state index in [2.05, 4.69) is 10.6 Å². The summed E-state index contributed by atoms with van der Waals surface area (Å²) in [7, 11) is 0. The minimum absolute atomic E-state index is 0.119. The highest BCUT2D eigenvalue weighted by molar-refractivity contribution is 6.30. The first kappa shape index (κ1) is 21.6. The Kier molecular flexibility index (Phi) is 7.53. The van der Waals surface area contributed by atoms with Crippen molar-refractivity contribution in [2.45, 2.75) is 69.9 Å². The molecule has 7 heteroatoms. The average molecular weight is 421 g/mol. The Morgan fingerprint density at radius 3 is 2.10 bits per heavy atom. The van der Waals surface area contributed by atoms with Crippen LogP contribution < -0.4 is 10.6 Å². The van der Waals surface area contributed by atoms with E-state index in [1.54, 1.807) is 24.3 Å². The van der Waals surface area contributed by atoms with E-state index in [4.69, 9.17) is 11.6 Å². The van der Waals surface area contributed by atoms with E-state index in [1.165, 1.54) is 0 Å². The number of carbonyl (C=O) groups is 3. The van der Waals surface area contributed by atoms with Gasteiger partial charge in [0.05, 0.1) is 12.5 Å². The quantitative estimate of drug-likeness (QED) is 0.624. The van der Waals surface area contributed by atoms with Gasteiger partial charge in [-0.2, -0.15) is 0 Å². The van der Waals surface area contributed by atoms with Gasteiger partial charge in [-0.25, -0.2) is 0 Å². The Bertz CT molecular complexity index is 723. The number of benzene rings is 1. The molecule has 0 aromatic heterocycles. The van der Waals surface area contributed by atoms with Crippen molar-refractivity contribution in [3.8, 4) is 0 Å². The van der Waals surface area contributed by atoms with Gasteiger partial charge in [-0.05, 0) is 56.2 Å². The number of hydrogen-bond donors (Lipinski definition) is 3. The maximum absolute atomic E-state index is 12.8. The van der Waals surface area contributed by atoms with Crippen LogP contribution in [0.5, 0.6) is 0 Å². The number of nitrogens with one attached hydrogen (secondary N) is 2. The fraction of sp³-hybridized carbons (Fsp3) is 0.591. The Morgan fingerprint density at radius 2 is 1.52 bits per heavy atom. The number of amides is 2. The molecule has 2 aliphatic carbocycles. The first-order valence-corrected chi connectivity index (χ1v) is 10.9. The number of halogens is 1. The number of aliphatic carboxylic acids is 1. The van der Waals surface area contributed by atoms with Crippen molar-refractivity contribution < 1.29 is 19.5 Å². The summed E-state index contributed by atoms with van der Waals surface area (Å²) in [6, 6.07) is 6.42. The normalized spacial score (nSPS) is 23.3. The van der Waals surface area contributed by atoms with Crippen LogP contribution in [-0.4, -0.2) is 28.9 Å². The fourth-order valence-electron chi connectivity index (χ4n) is 4.42. The maximum Gasteiger partial charge on any atom is 0.305 e. The van der Waals surface area contributed by atoms with Crippen molar-refractivity contribution in [3.63, 3.8) is 0 Å². The molecule has 2 aliphatic rings. The lowest BCUT2D eigenvalue weighted by Gasteiger charge is -2.30. The first-order valence-electron chi connectivity index (χ1n) is 10.5. The molecular weight excluding hydrogens is 392 g/mol. The van der Waals surface area contributed by atoms with Crippen LogP contribution >= 0.6 is 11.6 Å². The Hall–Kier alpha value is -2.08. The number of carboxylic acid groups (broad SMARTS) is 1. The smallest absolute Gasteiger partial charge is 0.305 e. The van der Waals surface area contributed by atoms with Crippen molar-refractivity contribution >= 4 is 29.4 Å².